The summed E-state index contributed by atoms with van der Waals surface area (Å²) in [6, 6.07) is 7.68. The smallest absolute Gasteiger partial charge is 0.263 e. The molecular weight excluding hydrogens is 282 g/mol. The quantitative estimate of drug-likeness (QED) is 0.911. The molecule has 0 bridgehead atoms. The predicted octanol–water partition coefficient (Wildman–Crippen LogP) is 3.06. The van der Waals surface area contributed by atoms with Gasteiger partial charge in [0.2, 0.25) is 0 Å². The topological polar surface area (TPSA) is 49.3 Å². The van der Waals surface area contributed by atoms with E-state index in [9.17, 15) is 9.90 Å². The molecule has 1 atom stereocenters. The predicted molar refractivity (Wildman–Crippen MR) is 77.9 cm³/mol. The Balaban J connectivity index is 1.75. The first-order valence-electron chi connectivity index (χ1n) is 6.30. The van der Waals surface area contributed by atoms with Crippen molar-refractivity contribution in [2.45, 2.75) is 18.9 Å². The van der Waals surface area contributed by atoms with Gasteiger partial charge >= 0.3 is 0 Å². The fraction of sp³-hybridized carbons (Fsp3) is 0.357. The van der Waals surface area contributed by atoms with Gasteiger partial charge in [-0.1, -0.05) is 29.8 Å². The number of amides is 1. The summed E-state index contributed by atoms with van der Waals surface area (Å²) in [5.41, 5.74) is 0. The van der Waals surface area contributed by atoms with Gasteiger partial charge in [-0.15, -0.1) is 11.3 Å². The fourth-order valence-electron chi connectivity index (χ4n) is 2.09. The van der Waals surface area contributed by atoms with Gasteiger partial charge in [-0.3, -0.25) is 4.79 Å². The molecule has 1 saturated carbocycles. The van der Waals surface area contributed by atoms with Crippen LogP contribution in [0.5, 0.6) is 0 Å². The summed E-state index contributed by atoms with van der Waals surface area (Å²) in [6.07, 6.45) is 1.68. The van der Waals surface area contributed by atoms with Gasteiger partial charge in [-0.05, 0) is 24.8 Å². The van der Waals surface area contributed by atoms with Crippen LogP contribution >= 0.6 is 22.9 Å². The first kappa shape index (κ1) is 12.9. The third-order valence-corrected chi connectivity index (χ3v) is 5.05. The molecule has 1 fully saturated rings. The van der Waals surface area contributed by atoms with Gasteiger partial charge in [-0.25, -0.2) is 0 Å². The molecule has 1 unspecified atom stereocenters. The maximum absolute atomic E-state index is 12.1. The standard InChI is InChI=1S/C14H14ClNO2S/c15-12-9-3-1-2-4-11(9)19-13(12)14(18)16-7-10(17)8-5-6-8/h1-4,8,10,17H,5-7H2,(H,16,18). The van der Waals surface area contributed by atoms with E-state index in [2.05, 4.69) is 5.32 Å². The highest BCUT2D eigenvalue weighted by molar-refractivity contribution is 7.21. The van der Waals surface area contributed by atoms with Crippen molar-refractivity contribution in [3.63, 3.8) is 0 Å². The fourth-order valence-corrected chi connectivity index (χ4v) is 3.52. The first-order valence-corrected chi connectivity index (χ1v) is 7.49. The number of benzene rings is 1. The highest BCUT2D eigenvalue weighted by Crippen LogP contribution is 2.35. The number of carbonyl (C=O) groups is 1. The second-order valence-electron chi connectivity index (χ2n) is 4.86. The van der Waals surface area contributed by atoms with Gasteiger partial charge in [0.25, 0.3) is 5.91 Å². The molecule has 5 heteroatoms. The molecule has 1 aliphatic rings. The third-order valence-electron chi connectivity index (χ3n) is 3.38. The molecule has 2 N–H and O–H groups in total. The Labute approximate surface area is 120 Å². The van der Waals surface area contributed by atoms with Crippen LogP contribution in [-0.4, -0.2) is 23.7 Å². The molecule has 1 heterocycles. The van der Waals surface area contributed by atoms with E-state index >= 15 is 0 Å². The lowest BCUT2D eigenvalue weighted by Crippen LogP contribution is -2.32. The molecule has 0 saturated heterocycles. The lowest BCUT2D eigenvalue weighted by atomic mass is 10.2. The van der Waals surface area contributed by atoms with Crippen LogP contribution in [0.25, 0.3) is 10.1 Å². The van der Waals surface area contributed by atoms with Crippen molar-refractivity contribution in [2.24, 2.45) is 5.92 Å². The zero-order valence-corrected chi connectivity index (χ0v) is 11.8. The number of aliphatic hydroxyl groups is 1. The van der Waals surface area contributed by atoms with Crippen molar-refractivity contribution in [1.82, 2.24) is 5.32 Å². The number of halogens is 1. The zero-order valence-electron chi connectivity index (χ0n) is 10.2. The van der Waals surface area contributed by atoms with Crippen molar-refractivity contribution in [3.05, 3.63) is 34.2 Å². The lowest BCUT2D eigenvalue weighted by molar-refractivity contribution is 0.0905. The van der Waals surface area contributed by atoms with E-state index in [0.717, 1.165) is 22.9 Å². The van der Waals surface area contributed by atoms with Crippen molar-refractivity contribution >= 4 is 38.9 Å². The maximum atomic E-state index is 12.1. The SMILES string of the molecule is O=C(NCC(O)C1CC1)c1sc2ccccc2c1Cl. The number of rotatable bonds is 4. The molecule has 0 spiro atoms. The van der Waals surface area contributed by atoms with Crippen molar-refractivity contribution in [3.8, 4) is 0 Å². The number of fused-ring (bicyclic) bond motifs is 1. The van der Waals surface area contributed by atoms with Crippen LogP contribution in [0.2, 0.25) is 5.02 Å². The van der Waals surface area contributed by atoms with E-state index in [-0.39, 0.29) is 5.91 Å². The van der Waals surface area contributed by atoms with Gasteiger partial charge in [0, 0.05) is 16.6 Å². The Bertz CT molecular complexity index is 621. The van der Waals surface area contributed by atoms with Crippen LogP contribution in [0, 0.1) is 5.92 Å². The Morgan fingerprint density at radius 2 is 2.21 bits per heavy atom. The monoisotopic (exact) mass is 295 g/mol. The number of thiophene rings is 1. The van der Waals surface area contributed by atoms with Crippen LogP contribution in [0.4, 0.5) is 0 Å². The highest BCUT2D eigenvalue weighted by atomic mass is 35.5. The molecule has 1 aliphatic carbocycles. The number of carbonyl (C=O) groups excluding carboxylic acids is 1. The minimum Gasteiger partial charge on any atom is -0.391 e. The number of nitrogens with one attached hydrogen (secondary N) is 1. The Morgan fingerprint density at radius 1 is 1.47 bits per heavy atom. The van der Waals surface area contributed by atoms with E-state index in [1.165, 1.54) is 11.3 Å². The average molecular weight is 296 g/mol. The minimum atomic E-state index is -0.433. The summed E-state index contributed by atoms with van der Waals surface area (Å²) in [7, 11) is 0. The highest BCUT2D eigenvalue weighted by Gasteiger charge is 2.30. The molecule has 3 nitrogen and oxygen atoms in total. The van der Waals surface area contributed by atoms with Gasteiger partial charge in [0.05, 0.1) is 11.1 Å². The summed E-state index contributed by atoms with van der Waals surface area (Å²) in [5, 5.41) is 13.9. The Hall–Kier alpha value is -1.10. The van der Waals surface area contributed by atoms with Crippen LogP contribution in [0.3, 0.4) is 0 Å². The molecule has 0 aliphatic heterocycles. The van der Waals surface area contributed by atoms with E-state index < -0.39 is 6.10 Å². The Kier molecular flexibility index (Phi) is 3.48. The van der Waals surface area contributed by atoms with Gasteiger partial charge < -0.3 is 10.4 Å². The van der Waals surface area contributed by atoms with Crippen LogP contribution in [0.15, 0.2) is 24.3 Å². The van der Waals surface area contributed by atoms with Crippen molar-refractivity contribution in [1.29, 1.82) is 0 Å². The molecule has 0 radical (unpaired) electrons. The summed E-state index contributed by atoms with van der Waals surface area (Å²) in [4.78, 5) is 12.6. The normalized spacial score (nSPS) is 16.5. The molecular formula is C14H14ClNO2S. The molecule has 1 amide bonds. The summed E-state index contributed by atoms with van der Waals surface area (Å²) in [6.45, 7) is 0.300. The summed E-state index contributed by atoms with van der Waals surface area (Å²) < 4.78 is 1.00. The van der Waals surface area contributed by atoms with E-state index in [1.54, 1.807) is 0 Å². The molecule has 1 aromatic carbocycles. The molecule has 2 aromatic rings. The van der Waals surface area contributed by atoms with E-state index in [4.69, 9.17) is 11.6 Å². The summed E-state index contributed by atoms with van der Waals surface area (Å²) >= 11 is 7.61. The Morgan fingerprint density at radius 3 is 2.89 bits per heavy atom. The lowest BCUT2D eigenvalue weighted by Gasteiger charge is -2.09. The van der Waals surface area contributed by atoms with E-state index in [1.807, 2.05) is 24.3 Å². The third kappa shape index (κ3) is 2.61. The van der Waals surface area contributed by atoms with Crippen LogP contribution in [0.1, 0.15) is 22.5 Å². The van der Waals surface area contributed by atoms with Crippen LogP contribution < -0.4 is 5.32 Å². The second kappa shape index (κ2) is 5.12. The first-order chi connectivity index (χ1) is 9.16. The number of hydrogen-bond donors (Lipinski definition) is 2. The van der Waals surface area contributed by atoms with Gasteiger partial charge in [0.15, 0.2) is 0 Å². The summed E-state index contributed by atoms with van der Waals surface area (Å²) in [5.74, 6) is 0.157. The number of hydrogen-bond acceptors (Lipinski definition) is 3. The minimum absolute atomic E-state index is 0.203. The molecule has 3 rings (SSSR count). The van der Waals surface area contributed by atoms with E-state index in [0.29, 0.717) is 22.4 Å². The average Bonchev–Trinajstić information content (AvgIpc) is 3.21. The molecule has 1 aromatic heterocycles. The van der Waals surface area contributed by atoms with Gasteiger partial charge in [-0.2, -0.15) is 0 Å². The van der Waals surface area contributed by atoms with Crippen molar-refractivity contribution < 1.29 is 9.90 Å². The van der Waals surface area contributed by atoms with Gasteiger partial charge in [0.1, 0.15) is 4.88 Å². The molecule has 19 heavy (non-hydrogen) atoms. The maximum Gasteiger partial charge on any atom is 0.263 e. The van der Waals surface area contributed by atoms with Crippen molar-refractivity contribution in [2.75, 3.05) is 6.54 Å². The zero-order chi connectivity index (χ0) is 13.4. The van der Waals surface area contributed by atoms with Crippen LogP contribution in [-0.2, 0) is 0 Å². The second-order valence-corrected chi connectivity index (χ2v) is 6.29. The molecule has 100 valence electrons. The number of aliphatic hydroxyl groups excluding tert-OH is 1. The largest absolute Gasteiger partial charge is 0.391 e.